The molecule has 17 atom stereocenters. The van der Waals surface area contributed by atoms with Gasteiger partial charge in [0, 0.05) is 6.42 Å². The first kappa shape index (κ1) is 85.8. The average molecular weight is 1330 g/mol. The molecule has 0 saturated carbocycles. The molecule has 3 fully saturated rings. The number of amides is 1. The number of carbonyl (C=O) groups excluding carboxylic acids is 1. The number of ether oxygens (including phenoxy) is 6. The third-order valence-electron chi connectivity index (χ3n) is 19.6. The molecule has 550 valence electrons. The van der Waals surface area contributed by atoms with E-state index in [1.54, 1.807) is 6.08 Å². The van der Waals surface area contributed by atoms with Gasteiger partial charge in [0.1, 0.15) is 73.2 Å². The van der Waals surface area contributed by atoms with E-state index in [9.17, 15) is 61.0 Å². The van der Waals surface area contributed by atoms with E-state index in [0.717, 1.165) is 44.9 Å². The summed E-state index contributed by atoms with van der Waals surface area (Å²) in [5.74, 6) is -0.267. The van der Waals surface area contributed by atoms with Gasteiger partial charge in [0.2, 0.25) is 5.91 Å². The summed E-state index contributed by atoms with van der Waals surface area (Å²) in [4.78, 5) is 13.5. The Bertz CT molecular complexity index is 1730. The third-order valence-corrected chi connectivity index (χ3v) is 19.6. The summed E-state index contributed by atoms with van der Waals surface area (Å²) in [5, 5.41) is 121. The maximum absolute atomic E-state index is 13.5. The Morgan fingerprint density at radius 1 is 0.376 bits per heavy atom. The molecule has 0 radical (unpaired) electrons. The van der Waals surface area contributed by atoms with Crippen molar-refractivity contribution in [2.24, 2.45) is 0 Å². The van der Waals surface area contributed by atoms with Crippen molar-refractivity contribution in [2.45, 2.75) is 426 Å². The topological polar surface area (TPSA) is 307 Å². The Labute approximate surface area is 563 Å². The van der Waals surface area contributed by atoms with E-state index in [2.05, 4.69) is 19.2 Å². The van der Waals surface area contributed by atoms with E-state index >= 15 is 0 Å². The van der Waals surface area contributed by atoms with E-state index < -0.39 is 124 Å². The van der Waals surface area contributed by atoms with Gasteiger partial charge in [-0.1, -0.05) is 309 Å². The second-order valence-corrected chi connectivity index (χ2v) is 27.8. The Morgan fingerprint density at radius 2 is 0.667 bits per heavy atom. The zero-order chi connectivity index (χ0) is 67.5. The Balaban J connectivity index is 1.40. The summed E-state index contributed by atoms with van der Waals surface area (Å²) < 4.78 is 34.4. The fraction of sp³-hybridized carbons (Fsp3) is 0.959. The lowest BCUT2D eigenvalue weighted by molar-refractivity contribution is -0.379. The zero-order valence-electron chi connectivity index (χ0n) is 58.5. The van der Waals surface area contributed by atoms with Crippen LogP contribution in [0.25, 0.3) is 0 Å². The van der Waals surface area contributed by atoms with E-state index in [-0.39, 0.29) is 18.9 Å². The molecular weight excluding hydrogens is 1190 g/mol. The maximum Gasteiger partial charge on any atom is 0.220 e. The average Bonchev–Trinajstić information content (AvgIpc) is 0.816. The van der Waals surface area contributed by atoms with Gasteiger partial charge in [-0.15, -0.1) is 0 Å². The molecule has 3 aliphatic heterocycles. The number of aliphatic hydroxyl groups excluding tert-OH is 11. The first-order valence-electron chi connectivity index (χ1n) is 38.4. The van der Waals surface area contributed by atoms with Crippen LogP contribution in [0, 0.1) is 0 Å². The third kappa shape index (κ3) is 37.5. The summed E-state index contributed by atoms with van der Waals surface area (Å²) in [6, 6.07) is -0.969. The largest absolute Gasteiger partial charge is 0.394 e. The van der Waals surface area contributed by atoms with Crippen molar-refractivity contribution in [3.63, 3.8) is 0 Å². The number of aliphatic hydroxyl groups is 11. The Kier molecular flexibility index (Phi) is 51.9. The van der Waals surface area contributed by atoms with Crippen molar-refractivity contribution >= 4 is 5.91 Å². The fourth-order valence-corrected chi connectivity index (χ4v) is 13.4. The van der Waals surface area contributed by atoms with Gasteiger partial charge in [-0.3, -0.25) is 4.79 Å². The van der Waals surface area contributed by atoms with E-state index in [1.807, 2.05) is 6.08 Å². The fourth-order valence-electron chi connectivity index (χ4n) is 13.4. The molecule has 1 amide bonds. The molecular formula is C74H141NO18. The zero-order valence-corrected chi connectivity index (χ0v) is 58.5. The number of nitrogens with one attached hydrogen (secondary N) is 1. The minimum absolute atomic E-state index is 0.250. The minimum atomic E-state index is -1.98. The summed E-state index contributed by atoms with van der Waals surface area (Å²) in [6.07, 6.45) is 37.6. The quantitative estimate of drug-likeness (QED) is 0.0199. The van der Waals surface area contributed by atoms with Crippen LogP contribution < -0.4 is 5.32 Å². The number of allylic oxidation sites excluding steroid dienone is 1. The second-order valence-electron chi connectivity index (χ2n) is 27.8. The smallest absolute Gasteiger partial charge is 0.220 e. The number of hydrogen-bond donors (Lipinski definition) is 12. The lowest BCUT2D eigenvalue weighted by Gasteiger charge is -2.48. The first-order valence-corrected chi connectivity index (χ1v) is 38.4. The Morgan fingerprint density at radius 3 is 1.01 bits per heavy atom. The minimum Gasteiger partial charge on any atom is -0.394 e. The van der Waals surface area contributed by atoms with Crippen LogP contribution in [0.15, 0.2) is 12.2 Å². The van der Waals surface area contributed by atoms with Crippen molar-refractivity contribution in [3.05, 3.63) is 12.2 Å². The van der Waals surface area contributed by atoms with Gasteiger partial charge in [-0.05, 0) is 19.3 Å². The van der Waals surface area contributed by atoms with Crippen LogP contribution in [0.4, 0.5) is 0 Å². The summed E-state index contributed by atoms with van der Waals surface area (Å²) in [5.41, 5.74) is 0. The van der Waals surface area contributed by atoms with Gasteiger partial charge in [0.15, 0.2) is 18.9 Å². The van der Waals surface area contributed by atoms with Gasteiger partial charge in [-0.25, -0.2) is 0 Å². The molecule has 93 heavy (non-hydrogen) atoms. The molecule has 0 bridgehead atoms. The number of rotatable bonds is 61. The number of carbonyl (C=O) groups is 1. The van der Waals surface area contributed by atoms with Crippen molar-refractivity contribution < 1.29 is 89.4 Å². The molecule has 12 N–H and O–H groups in total. The van der Waals surface area contributed by atoms with Crippen LogP contribution in [0.3, 0.4) is 0 Å². The standard InChI is InChI=1S/C74H141NO18/c1-3-5-7-9-11-13-15-17-19-21-23-25-27-28-29-30-32-34-36-38-40-42-44-46-48-50-52-62(80)75-57(58(79)51-49-47-45-43-41-39-37-35-33-31-26-24-22-20-18-16-14-12-10-8-6-4-2)56-88-72-68(86)65(83)70(60(54-77)90-72)93-74-69(87)66(84)71(61(55-78)91-74)92-73-67(85)64(82)63(81)59(53-76)89-73/h49,51,57-61,63-74,76-79,81-87H,3-48,50,52-56H2,1-2H3,(H,75,80)/b51-49+. The molecule has 17 unspecified atom stereocenters. The van der Waals surface area contributed by atoms with Gasteiger partial charge in [0.05, 0.1) is 38.6 Å². The van der Waals surface area contributed by atoms with Gasteiger partial charge in [-0.2, -0.15) is 0 Å². The van der Waals surface area contributed by atoms with Gasteiger partial charge >= 0.3 is 0 Å². The maximum atomic E-state index is 13.5. The lowest BCUT2D eigenvalue weighted by Crippen LogP contribution is -2.66. The van der Waals surface area contributed by atoms with Gasteiger partial charge < -0.3 is 89.9 Å². The highest BCUT2D eigenvalue weighted by molar-refractivity contribution is 5.76. The SMILES string of the molecule is CCCCCCCCCCCCCCCCCCCCCC/C=C/C(O)C(COC1OC(CO)C(OC2OC(CO)C(OC3OC(CO)C(O)C(O)C3O)C(O)C2O)C(O)C1O)NC(=O)CCCCCCCCCCCCCCCCCCCCCCCCCCCC. The number of hydrogen-bond acceptors (Lipinski definition) is 18. The molecule has 0 aromatic heterocycles. The lowest BCUT2D eigenvalue weighted by atomic mass is 9.96. The molecule has 0 aromatic rings. The van der Waals surface area contributed by atoms with Crippen molar-refractivity contribution in [1.82, 2.24) is 5.32 Å². The normalized spacial score (nSPS) is 27.5. The van der Waals surface area contributed by atoms with Crippen molar-refractivity contribution in [3.8, 4) is 0 Å². The van der Waals surface area contributed by atoms with Crippen LogP contribution in [0.5, 0.6) is 0 Å². The molecule has 0 aromatic carbocycles. The first-order chi connectivity index (χ1) is 45.3. The Hall–Kier alpha value is -1.47. The highest BCUT2D eigenvalue weighted by Crippen LogP contribution is 2.33. The van der Waals surface area contributed by atoms with Crippen LogP contribution in [0.2, 0.25) is 0 Å². The summed E-state index contributed by atoms with van der Waals surface area (Å²) in [7, 11) is 0. The molecule has 0 aliphatic carbocycles. The van der Waals surface area contributed by atoms with E-state index in [4.69, 9.17) is 28.4 Å². The molecule has 19 heteroatoms. The van der Waals surface area contributed by atoms with Crippen LogP contribution >= 0.6 is 0 Å². The molecule has 3 saturated heterocycles. The van der Waals surface area contributed by atoms with E-state index in [1.165, 1.54) is 250 Å². The summed E-state index contributed by atoms with van der Waals surface area (Å²) >= 11 is 0. The predicted molar refractivity (Wildman–Crippen MR) is 365 cm³/mol. The highest BCUT2D eigenvalue weighted by Gasteiger charge is 2.53. The van der Waals surface area contributed by atoms with Crippen molar-refractivity contribution in [1.29, 1.82) is 0 Å². The van der Waals surface area contributed by atoms with E-state index in [0.29, 0.717) is 6.42 Å². The number of unbranched alkanes of at least 4 members (excludes halogenated alkanes) is 45. The molecule has 3 rings (SSSR count). The molecule has 3 heterocycles. The van der Waals surface area contributed by atoms with Gasteiger partial charge in [0.25, 0.3) is 0 Å². The summed E-state index contributed by atoms with van der Waals surface area (Å²) in [6.45, 7) is 1.80. The van der Waals surface area contributed by atoms with Crippen LogP contribution in [-0.2, 0) is 33.2 Å². The monoisotopic (exact) mass is 1330 g/mol. The second kappa shape index (κ2) is 56.3. The molecule has 0 spiro atoms. The molecule has 19 nitrogen and oxygen atoms in total. The molecule has 3 aliphatic rings. The highest BCUT2D eigenvalue weighted by atomic mass is 16.8. The van der Waals surface area contributed by atoms with Crippen LogP contribution in [0.1, 0.15) is 322 Å². The van der Waals surface area contributed by atoms with Crippen LogP contribution in [-0.4, -0.2) is 193 Å². The predicted octanol–water partition coefficient (Wildman–Crippen LogP) is 11.6. The van der Waals surface area contributed by atoms with Crippen molar-refractivity contribution in [2.75, 3.05) is 26.4 Å².